The van der Waals surface area contributed by atoms with Crippen molar-refractivity contribution in [3.63, 3.8) is 0 Å². The highest BCUT2D eigenvalue weighted by Crippen LogP contribution is 2.23. The first-order valence-corrected chi connectivity index (χ1v) is 6.45. The minimum Gasteiger partial charge on any atom is -0.508 e. The van der Waals surface area contributed by atoms with Crippen LogP contribution in [0.4, 0.5) is 0 Å². The van der Waals surface area contributed by atoms with Crippen molar-refractivity contribution < 1.29 is 14.9 Å². The fourth-order valence-electron chi connectivity index (χ4n) is 2.01. The zero-order chi connectivity index (χ0) is 14.4. The molecule has 2 N–H and O–H groups in total. The zero-order valence-electron chi connectivity index (χ0n) is 11.4. The van der Waals surface area contributed by atoms with Crippen molar-refractivity contribution in [2.75, 3.05) is 7.11 Å². The summed E-state index contributed by atoms with van der Waals surface area (Å²) in [4.78, 5) is 0. The first-order chi connectivity index (χ1) is 9.74. The Balaban J connectivity index is 2.13. The quantitative estimate of drug-likeness (QED) is 0.877. The van der Waals surface area contributed by atoms with Gasteiger partial charge < -0.3 is 14.9 Å². The lowest BCUT2D eigenvalue weighted by molar-refractivity contribution is 0.281. The minimum atomic E-state index is 0.0188. The molecular formula is C17H18O3. The molecular weight excluding hydrogens is 252 g/mol. The van der Waals surface area contributed by atoms with E-state index in [2.05, 4.69) is 0 Å². The van der Waals surface area contributed by atoms with Crippen molar-refractivity contribution in [1.29, 1.82) is 0 Å². The van der Waals surface area contributed by atoms with E-state index in [1.807, 2.05) is 42.5 Å². The summed E-state index contributed by atoms with van der Waals surface area (Å²) in [5, 5.41) is 19.1. The van der Waals surface area contributed by atoms with Crippen LogP contribution in [0.2, 0.25) is 0 Å². The first kappa shape index (κ1) is 14.2. The van der Waals surface area contributed by atoms with E-state index in [9.17, 15) is 10.2 Å². The summed E-state index contributed by atoms with van der Waals surface area (Å²) in [6.07, 6.45) is 4.51. The molecule has 3 nitrogen and oxygen atoms in total. The maximum absolute atomic E-state index is 9.80. The van der Waals surface area contributed by atoms with Crippen molar-refractivity contribution in [1.82, 2.24) is 0 Å². The number of methoxy groups -OCH3 is 1. The molecule has 0 saturated carbocycles. The predicted molar refractivity (Wildman–Crippen MR) is 79.8 cm³/mol. The molecule has 2 aromatic rings. The van der Waals surface area contributed by atoms with Crippen LogP contribution >= 0.6 is 0 Å². The molecule has 0 atom stereocenters. The van der Waals surface area contributed by atoms with E-state index in [0.29, 0.717) is 6.42 Å². The molecule has 0 aromatic heterocycles. The van der Waals surface area contributed by atoms with Crippen molar-refractivity contribution in [2.45, 2.75) is 13.0 Å². The number of allylic oxidation sites excluding steroid dienone is 1. The largest absolute Gasteiger partial charge is 0.508 e. The third kappa shape index (κ3) is 3.39. The van der Waals surface area contributed by atoms with E-state index >= 15 is 0 Å². The lowest BCUT2D eigenvalue weighted by Crippen LogP contribution is -1.89. The third-order valence-electron chi connectivity index (χ3n) is 3.15. The van der Waals surface area contributed by atoms with Crippen LogP contribution in [-0.2, 0) is 13.0 Å². The molecule has 2 aromatic carbocycles. The van der Waals surface area contributed by atoms with Gasteiger partial charge >= 0.3 is 0 Å². The topological polar surface area (TPSA) is 49.7 Å². The number of hydrogen-bond donors (Lipinski definition) is 2. The minimum absolute atomic E-state index is 0.0188. The van der Waals surface area contributed by atoms with E-state index in [0.717, 1.165) is 22.4 Å². The number of phenols is 1. The second-order valence-corrected chi connectivity index (χ2v) is 4.46. The smallest absolute Gasteiger partial charge is 0.119 e. The highest BCUT2D eigenvalue weighted by molar-refractivity contribution is 5.54. The Labute approximate surface area is 118 Å². The fourth-order valence-corrected chi connectivity index (χ4v) is 2.01. The second-order valence-electron chi connectivity index (χ2n) is 4.46. The lowest BCUT2D eigenvalue weighted by atomic mass is 10.1. The molecule has 0 radical (unpaired) electrons. The Hall–Kier alpha value is -2.26. The van der Waals surface area contributed by atoms with Crippen LogP contribution in [0.5, 0.6) is 11.5 Å². The molecule has 0 bridgehead atoms. The highest BCUT2D eigenvalue weighted by atomic mass is 16.5. The van der Waals surface area contributed by atoms with Crippen LogP contribution in [0.25, 0.3) is 6.08 Å². The maximum Gasteiger partial charge on any atom is 0.119 e. The molecule has 3 heteroatoms. The molecule has 0 aliphatic carbocycles. The van der Waals surface area contributed by atoms with Crippen molar-refractivity contribution in [3.8, 4) is 11.5 Å². The van der Waals surface area contributed by atoms with E-state index < -0.39 is 0 Å². The van der Waals surface area contributed by atoms with Gasteiger partial charge in [0.05, 0.1) is 13.7 Å². The molecule has 0 spiro atoms. The summed E-state index contributed by atoms with van der Waals surface area (Å²) in [5.41, 5.74) is 2.68. The summed E-state index contributed by atoms with van der Waals surface area (Å²) in [6.45, 7) is 0.0188. The summed E-state index contributed by atoms with van der Waals surface area (Å²) in [6, 6.07) is 12.8. The summed E-state index contributed by atoms with van der Waals surface area (Å²) >= 11 is 0. The molecule has 0 aliphatic rings. The molecule has 0 saturated heterocycles. The number of aliphatic hydroxyl groups excluding tert-OH is 1. The average Bonchev–Trinajstić information content (AvgIpc) is 2.49. The van der Waals surface area contributed by atoms with Crippen LogP contribution in [0.3, 0.4) is 0 Å². The normalized spacial score (nSPS) is 10.9. The number of phenolic OH excluding ortho intramolecular Hbond substituents is 1. The SMILES string of the molecule is COc1ccc(O)c(C/C=C/c2ccccc2CO)c1. The molecule has 0 unspecified atom stereocenters. The zero-order valence-corrected chi connectivity index (χ0v) is 11.4. The molecule has 0 amide bonds. The van der Waals surface area contributed by atoms with Crippen LogP contribution in [0.1, 0.15) is 16.7 Å². The first-order valence-electron chi connectivity index (χ1n) is 6.45. The Morgan fingerprint density at radius 3 is 2.65 bits per heavy atom. The van der Waals surface area contributed by atoms with Gasteiger partial charge in [0.1, 0.15) is 11.5 Å². The Kier molecular flexibility index (Phi) is 4.80. The van der Waals surface area contributed by atoms with E-state index in [1.165, 1.54) is 0 Å². The van der Waals surface area contributed by atoms with Crippen molar-refractivity contribution >= 4 is 6.08 Å². The van der Waals surface area contributed by atoms with Gasteiger partial charge in [-0.15, -0.1) is 0 Å². The number of ether oxygens (including phenoxy) is 1. The van der Waals surface area contributed by atoms with Crippen LogP contribution < -0.4 is 4.74 Å². The number of benzene rings is 2. The van der Waals surface area contributed by atoms with Crippen molar-refractivity contribution in [3.05, 3.63) is 65.2 Å². The lowest BCUT2D eigenvalue weighted by Gasteiger charge is -2.05. The van der Waals surface area contributed by atoms with Gasteiger partial charge in [-0.25, -0.2) is 0 Å². The second kappa shape index (κ2) is 6.78. The number of aliphatic hydroxyl groups is 1. The summed E-state index contributed by atoms with van der Waals surface area (Å²) in [7, 11) is 1.60. The molecule has 2 rings (SSSR count). The van der Waals surface area contributed by atoms with Crippen LogP contribution in [-0.4, -0.2) is 17.3 Å². The standard InChI is InChI=1S/C17H18O3/c1-20-16-9-10-17(19)14(11-16)8-4-7-13-5-2-3-6-15(13)12-18/h2-7,9-11,18-19H,8,12H2,1H3/b7-4+. The Bertz CT molecular complexity index is 603. The van der Waals surface area contributed by atoms with Gasteiger partial charge in [0, 0.05) is 5.56 Å². The maximum atomic E-state index is 9.80. The molecule has 0 heterocycles. The van der Waals surface area contributed by atoms with E-state index in [-0.39, 0.29) is 12.4 Å². The summed E-state index contributed by atoms with van der Waals surface area (Å²) < 4.78 is 5.14. The van der Waals surface area contributed by atoms with Crippen molar-refractivity contribution in [2.24, 2.45) is 0 Å². The summed E-state index contributed by atoms with van der Waals surface area (Å²) in [5.74, 6) is 0.979. The number of hydrogen-bond acceptors (Lipinski definition) is 3. The van der Waals surface area contributed by atoms with Gasteiger partial charge in [-0.3, -0.25) is 0 Å². The van der Waals surface area contributed by atoms with Gasteiger partial charge in [0.15, 0.2) is 0 Å². The monoisotopic (exact) mass is 270 g/mol. The van der Waals surface area contributed by atoms with E-state index in [1.54, 1.807) is 19.2 Å². The number of aromatic hydroxyl groups is 1. The van der Waals surface area contributed by atoms with Crippen LogP contribution in [0, 0.1) is 0 Å². The highest BCUT2D eigenvalue weighted by Gasteiger charge is 2.02. The molecule has 104 valence electrons. The van der Waals surface area contributed by atoms with Gasteiger partial charge in [-0.2, -0.15) is 0 Å². The molecule has 0 aliphatic heterocycles. The van der Waals surface area contributed by atoms with Gasteiger partial charge in [-0.1, -0.05) is 36.4 Å². The molecule has 20 heavy (non-hydrogen) atoms. The van der Waals surface area contributed by atoms with Gasteiger partial charge in [0.25, 0.3) is 0 Å². The van der Waals surface area contributed by atoms with Gasteiger partial charge in [0.2, 0.25) is 0 Å². The van der Waals surface area contributed by atoms with Gasteiger partial charge in [-0.05, 0) is 35.7 Å². The van der Waals surface area contributed by atoms with Crippen LogP contribution in [0.15, 0.2) is 48.5 Å². The molecule has 0 fully saturated rings. The number of rotatable bonds is 5. The van der Waals surface area contributed by atoms with E-state index in [4.69, 9.17) is 4.74 Å². The fraction of sp³-hybridized carbons (Fsp3) is 0.176. The average molecular weight is 270 g/mol. The Morgan fingerprint density at radius 2 is 1.90 bits per heavy atom. The predicted octanol–water partition coefficient (Wildman–Crippen LogP) is 3.15. The third-order valence-corrected chi connectivity index (χ3v) is 3.15. The Morgan fingerprint density at radius 1 is 1.10 bits per heavy atom.